The standard InChI is InChI=1S/C25H28N6O5/c1-3-36-21-13-19(9-10-26-21)14-27-20(32)16-31-24(33)22-23(28-17-29(22)11-12-35-2)30(25(31)34)15-18-7-5-4-6-8-18/h4-10,13,17H,3,11-12,14-16H2,1-2H3,(H,27,32). The van der Waals surface area contributed by atoms with Gasteiger partial charge in [0.15, 0.2) is 11.2 Å². The van der Waals surface area contributed by atoms with Crippen LogP contribution in [0, 0.1) is 0 Å². The van der Waals surface area contributed by atoms with Crippen LogP contribution >= 0.6 is 0 Å². The number of methoxy groups -OCH3 is 1. The van der Waals surface area contributed by atoms with Crippen LogP contribution in [0.2, 0.25) is 0 Å². The number of imidazole rings is 1. The SMILES string of the molecule is CCOc1cc(CNC(=O)Cn2c(=O)c3c(ncn3CCOC)n(Cc3ccccc3)c2=O)ccn1. The molecule has 3 aromatic heterocycles. The first-order chi connectivity index (χ1) is 17.5. The number of hydrogen-bond donors (Lipinski definition) is 1. The Kier molecular flexibility index (Phi) is 7.91. The lowest BCUT2D eigenvalue weighted by molar-refractivity contribution is -0.121. The van der Waals surface area contributed by atoms with Crippen LogP contribution < -0.4 is 21.3 Å². The van der Waals surface area contributed by atoms with Gasteiger partial charge in [-0.1, -0.05) is 30.3 Å². The van der Waals surface area contributed by atoms with Gasteiger partial charge in [0, 0.05) is 32.5 Å². The van der Waals surface area contributed by atoms with Crippen molar-refractivity contribution in [3.8, 4) is 5.88 Å². The van der Waals surface area contributed by atoms with E-state index in [0.717, 1.165) is 15.7 Å². The molecule has 0 saturated carbocycles. The van der Waals surface area contributed by atoms with Gasteiger partial charge in [-0.15, -0.1) is 0 Å². The Morgan fingerprint density at radius 3 is 2.61 bits per heavy atom. The first-order valence-corrected chi connectivity index (χ1v) is 11.6. The molecule has 0 spiro atoms. The van der Waals surface area contributed by atoms with Crippen LogP contribution in [0.4, 0.5) is 0 Å². The summed E-state index contributed by atoms with van der Waals surface area (Å²) in [6, 6.07) is 12.9. The van der Waals surface area contributed by atoms with Crippen LogP contribution in [0.1, 0.15) is 18.1 Å². The van der Waals surface area contributed by atoms with Gasteiger partial charge < -0.3 is 19.4 Å². The van der Waals surface area contributed by atoms with E-state index < -0.39 is 23.7 Å². The van der Waals surface area contributed by atoms with E-state index >= 15 is 0 Å². The molecule has 0 aliphatic carbocycles. The number of pyridine rings is 1. The molecule has 0 radical (unpaired) electrons. The van der Waals surface area contributed by atoms with E-state index in [0.29, 0.717) is 25.6 Å². The van der Waals surface area contributed by atoms with E-state index in [4.69, 9.17) is 9.47 Å². The van der Waals surface area contributed by atoms with Crippen molar-refractivity contribution in [2.75, 3.05) is 20.3 Å². The van der Waals surface area contributed by atoms with Crippen LogP contribution in [0.5, 0.6) is 5.88 Å². The monoisotopic (exact) mass is 492 g/mol. The highest BCUT2D eigenvalue weighted by Gasteiger charge is 2.20. The summed E-state index contributed by atoms with van der Waals surface area (Å²) in [6.45, 7) is 3.04. The maximum absolute atomic E-state index is 13.4. The Balaban J connectivity index is 1.65. The number of amides is 1. The second-order valence-corrected chi connectivity index (χ2v) is 8.06. The third-order valence-electron chi connectivity index (χ3n) is 5.59. The van der Waals surface area contributed by atoms with Gasteiger partial charge in [0.05, 0.1) is 26.1 Å². The van der Waals surface area contributed by atoms with Crippen molar-refractivity contribution >= 4 is 17.1 Å². The average molecular weight is 493 g/mol. The zero-order valence-electron chi connectivity index (χ0n) is 20.2. The van der Waals surface area contributed by atoms with E-state index in [1.807, 2.05) is 37.3 Å². The number of carbonyl (C=O) groups excluding carboxylic acids is 1. The van der Waals surface area contributed by atoms with Crippen LogP contribution in [-0.2, 0) is 35.7 Å². The normalized spacial score (nSPS) is 11.1. The number of carbonyl (C=O) groups is 1. The number of nitrogens with zero attached hydrogens (tertiary/aromatic N) is 5. The quantitative estimate of drug-likeness (QED) is 0.333. The molecule has 0 unspecified atom stereocenters. The molecular weight excluding hydrogens is 464 g/mol. The number of hydrogen-bond acceptors (Lipinski definition) is 7. The van der Waals surface area contributed by atoms with Gasteiger partial charge in [0.2, 0.25) is 11.8 Å². The minimum Gasteiger partial charge on any atom is -0.478 e. The smallest absolute Gasteiger partial charge is 0.333 e. The summed E-state index contributed by atoms with van der Waals surface area (Å²) in [5.41, 5.74) is 0.970. The van der Waals surface area contributed by atoms with Crippen LogP contribution in [0.25, 0.3) is 11.2 Å². The first-order valence-electron chi connectivity index (χ1n) is 11.6. The number of fused-ring (bicyclic) bond motifs is 1. The summed E-state index contributed by atoms with van der Waals surface area (Å²) in [7, 11) is 1.56. The van der Waals surface area contributed by atoms with Crippen molar-refractivity contribution in [2.45, 2.75) is 33.1 Å². The lowest BCUT2D eigenvalue weighted by Crippen LogP contribution is -2.44. The van der Waals surface area contributed by atoms with Gasteiger partial charge >= 0.3 is 5.69 Å². The Labute approximate surface area is 206 Å². The average Bonchev–Trinajstić information content (AvgIpc) is 3.31. The van der Waals surface area contributed by atoms with Crippen LogP contribution in [0.3, 0.4) is 0 Å². The maximum Gasteiger partial charge on any atom is 0.333 e. The van der Waals surface area contributed by atoms with Gasteiger partial charge in [-0.3, -0.25) is 14.2 Å². The van der Waals surface area contributed by atoms with Gasteiger partial charge in [0.1, 0.15) is 6.54 Å². The highest BCUT2D eigenvalue weighted by atomic mass is 16.5. The molecule has 0 saturated heterocycles. The number of benzene rings is 1. The molecule has 11 heteroatoms. The second-order valence-electron chi connectivity index (χ2n) is 8.06. The molecule has 1 N–H and O–H groups in total. The molecule has 0 bridgehead atoms. The lowest BCUT2D eigenvalue weighted by atomic mass is 10.2. The minimum atomic E-state index is -0.606. The van der Waals surface area contributed by atoms with Gasteiger partial charge in [0.25, 0.3) is 5.56 Å². The number of ether oxygens (including phenoxy) is 2. The summed E-state index contributed by atoms with van der Waals surface area (Å²) in [5, 5.41) is 2.76. The summed E-state index contributed by atoms with van der Waals surface area (Å²) >= 11 is 0. The third kappa shape index (κ3) is 5.52. The van der Waals surface area contributed by atoms with E-state index in [1.54, 1.807) is 30.0 Å². The topological polar surface area (TPSA) is 122 Å². The van der Waals surface area contributed by atoms with Crippen molar-refractivity contribution in [1.82, 2.24) is 29.0 Å². The number of aromatic nitrogens is 5. The van der Waals surface area contributed by atoms with Crippen LogP contribution in [-0.4, -0.2) is 49.9 Å². The summed E-state index contributed by atoms with van der Waals surface area (Å²) in [5.74, 6) is -0.0171. The molecule has 36 heavy (non-hydrogen) atoms. The Hall–Kier alpha value is -4.25. The second kappa shape index (κ2) is 11.5. The molecule has 4 rings (SSSR count). The van der Waals surface area contributed by atoms with Gasteiger partial charge in [-0.05, 0) is 24.1 Å². The predicted molar refractivity (Wildman–Crippen MR) is 133 cm³/mol. The molecule has 188 valence electrons. The molecule has 4 aromatic rings. The van der Waals surface area contributed by atoms with Crippen LogP contribution in [0.15, 0.2) is 64.6 Å². The highest BCUT2D eigenvalue weighted by Crippen LogP contribution is 2.11. The van der Waals surface area contributed by atoms with E-state index in [1.165, 1.54) is 10.9 Å². The Morgan fingerprint density at radius 1 is 1.06 bits per heavy atom. The molecular formula is C25H28N6O5. The summed E-state index contributed by atoms with van der Waals surface area (Å²) in [4.78, 5) is 48.0. The zero-order chi connectivity index (χ0) is 25.5. The molecule has 0 fully saturated rings. The largest absolute Gasteiger partial charge is 0.478 e. The molecule has 1 aromatic carbocycles. The molecule has 0 aliphatic rings. The van der Waals surface area contributed by atoms with E-state index in [-0.39, 0.29) is 24.3 Å². The molecule has 0 aliphatic heterocycles. The predicted octanol–water partition coefficient (Wildman–Crippen LogP) is 1.16. The zero-order valence-corrected chi connectivity index (χ0v) is 20.2. The van der Waals surface area contributed by atoms with E-state index in [9.17, 15) is 14.4 Å². The van der Waals surface area contributed by atoms with Crippen molar-refractivity contribution in [1.29, 1.82) is 0 Å². The Bertz CT molecular complexity index is 1460. The van der Waals surface area contributed by atoms with E-state index in [2.05, 4.69) is 15.3 Å². The van der Waals surface area contributed by atoms with Gasteiger partial charge in [-0.25, -0.2) is 19.3 Å². The molecule has 0 atom stereocenters. The third-order valence-corrected chi connectivity index (χ3v) is 5.59. The van der Waals surface area contributed by atoms with Crippen molar-refractivity contribution in [2.24, 2.45) is 0 Å². The summed E-state index contributed by atoms with van der Waals surface area (Å²) in [6.07, 6.45) is 3.10. The first kappa shape index (κ1) is 24.9. The highest BCUT2D eigenvalue weighted by molar-refractivity contribution is 5.76. The molecule has 11 nitrogen and oxygen atoms in total. The van der Waals surface area contributed by atoms with Crippen molar-refractivity contribution in [3.05, 3.63) is 87.0 Å². The summed E-state index contributed by atoms with van der Waals surface area (Å²) < 4.78 is 14.5. The van der Waals surface area contributed by atoms with Crippen molar-refractivity contribution < 1.29 is 14.3 Å². The Morgan fingerprint density at radius 2 is 1.86 bits per heavy atom. The molecule has 3 heterocycles. The van der Waals surface area contributed by atoms with Gasteiger partial charge in [-0.2, -0.15) is 0 Å². The molecule has 1 amide bonds. The lowest BCUT2D eigenvalue weighted by Gasteiger charge is -2.13. The van der Waals surface area contributed by atoms with Crippen molar-refractivity contribution in [3.63, 3.8) is 0 Å². The fraction of sp³-hybridized carbons (Fsp3) is 0.320. The fourth-order valence-corrected chi connectivity index (χ4v) is 3.83. The minimum absolute atomic E-state index is 0.197. The fourth-order valence-electron chi connectivity index (χ4n) is 3.83. The number of nitrogens with one attached hydrogen (secondary N) is 1. The maximum atomic E-state index is 13.4. The number of rotatable bonds is 11.